The van der Waals surface area contributed by atoms with Crippen molar-refractivity contribution in [3.05, 3.63) is 24.3 Å². The molecular formula is C20H32O. The maximum atomic E-state index is 11.3. The monoisotopic (exact) mass is 288 g/mol. The van der Waals surface area contributed by atoms with Crippen LogP contribution < -0.4 is 0 Å². The van der Waals surface area contributed by atoms with Crippen molar-refractivity contribution in [2.24, 2.45) is 29.6 Å². The lowest BCUT2D eigenvalue weighted by Gasteiger charge is -2.22. The zero-order valence-electron chi connectivity index (χ0n) is 13.8. The van der Waals surface area contributed by atoms with E-state index in [2.05, 4.69) is 38.2 Å². The highest BCUT2D eigenvalue weighted by Crippen LogP contribution is 2.33. The molecule has 0 spiro atoms. The Morgan fingerprint density at radius 1 is 1.24 bits per heavy atom. The highest BCUT2D eigenvalue weighted by atomic mass is 16.1. The predicted octanol–water partition coefficient (Wildman–Crippen LogP) is 5.57. The number of allylic oxidation sites excluding steroid dienone is 4. The van der Waals surface area contributed by atoms with Gasteiger partial charge in [0.1, 0.15) is 6.29 Å². The van der Waals surface area contributed by atoms with Gasteiger partial charge in [0.15, 0.2) is 0 Å². The lowest BCUT2D eigenvalue weighted by molar-refractivity contribution is -0.111. The van der Waals surface area contributed by atoms with Crippen molar-refractivity contribution in [3.63, 3.8) is 0 Å². The molecular weight excluding hydrogens is 256 g/mol. The Morgan fingerprint density at radius 3 is 2.67 bits per heavy atom. The lowest BCUT2D eigenvalue weighted by Crippen LogP contribution is -2.12. The van der Waals surface area contributed by atoms with Crippen molar-refractivity contribution >= 4 is 6.29 Å². The van der Waals surface area contributed by atoms with E-state index in [0.29, 0.717) is 11.8 Å². The quantitative estimate of drug-likeness (QED) is 0.400. The Hall–Kier alpha value is -0.850. The number of hydrogen-bond donors (Lipinski definition) is 0. The molecule has 0 bridgehead atoms. The molecule has 0 aliphatic heterocycles. The second-order valence-electron chi connectivity index (χ2n) is 7.26. The minimum Gasteiger partial charge on any atom is -0.303 e. The number of carbonyl (C=O) groups excluding carboxylic acids is 1. The zero-order valence-corrected chi connectivity index (χ0v) is 13.8. The molecule has 5 unspecified atom stereocenters. The van der Waals surface area contributed by atoms with E-state index in [-0.39, 0.29) is 5.92 Å². The maximum absolute atomic E-state index is 11.3. The van der Waals surface area contributed by atoms with E-state index in [9.17, 15) is 4.79 Å². The van der Waals surface area contributed by atoms with Gasteiger partial charge in [0, 0.05) is 5.92 Å². The Balaban J connectivity index is 1.68. The van der Waals surface area contributed by atoms with Gasteiger partial charge in [-0.2, -0.15) is 0 Å². The van der Waals surface area contributed by atoms with Gasteiger partial charge in [-0.15, -0.1) is 0 Å². The molecule has 0 N–H and O–H groups in total. The predicted molar refractivity (Wildman–Crippen MR) is 90.1 cm³/mol. The highest BCUT2D eigenvalue weighted by molar-refractivity contribution is 5.53. The summed E-state index contributed by atoms with van der Waals surface area (Å²) in [6.07, 6.45) is 20.5. The molecule has 0 saturated heterocycles. The van der Waals surface area contributed by atoms with Crippen molar-refractivity contribution in [1.82, 2.24) is 0 Å². The average Bonchev–Trinajstić information content (AvgIpc) is 3.14. The van der Waals surface area contributed by atoms with E-state index in [1.54, 1.807) is 0 Å². The summed E-state index contributed by atoms with van der Waals surface area (Å²) in [6, 6.07) is 0. The first kappa shape index (κ1) is 16.5. The first-order valence-corrected chi connectivity index (χ1v) is 9.03. The molecule has 1 nitrogen and oxygen atoms in total. The molecule has 0 saturated carbocycles. The third-order valence-electron chi connectivity index (χ3n) is 5.51. The Bertz CT molecular complexity index is 368. The fourth-order valence-electron chi connectivity index (χ4n) is 4.20. The summed E-state index contributed by atoms with van der Waals surface area (Å²) in [5, 5.41) is 0. The van der Waals surface area contributed by atoms with Gasteiger partial charge in [0.05, 0.1) is 0 Å². The summed E-state index contributed by atoms with van der Waals surface area (Å²) in [4.78, 5) is 11.3. The zero-order chi connectivity index (χ0) is 15.1. The smallest absolute Gasteiger partial charge is 0.123 e. The van der Waals surface area contributed by atoms with Crippen molar-refractivity contribution < 1.29 is 4.79 Å². The highest BCUT2D eigenvalue weighted by Gasteiger charge is 2.22. The van der Waals surface area contributed by atoms with E-state index in [1.807, 2.05) is 0 Å². The number of rotatable bonds is 9. The second kappa shape index (κ2) is 8.56. The molecule has 0 heterocycles. The van der Waals surface area contributed by atoms with Gasteiger partial charge < -0.3 is 4.79 Å². The van der Waals surface area contributed by atoms with Gasteiger partial charge >= 0.3 is 0 Å². The molecule has 5 atom stereocenters. The van der Waals surface area contributed by atoms with Crippen LogP contribution in [0.3, 0.4) is 0 Å². The van der Waals surface area contributed by atoms with Crippen LogP contribution in [-0.2, 0) is 4.79 Å². The van der Waals surface area contributed by atoms with Crippen molar-refractivity contribution in [3.8, 4) is 0 Å². The maximum Gasteiger partial charge on any atom is 0.123 e. The Morgan fingerprint density at radius 2 is 2.10 bits per heavy atom. The van der Waals surface area contributed by atoms with E-state index in [4.69, 9.17) is 0 Å². The molecule has 0 aromatic heterocycles. The third-order valence-corrected chi connectivity index (χ3v) is 5.51. The topological polar surface area (TPSA) is 17.1 Å². The summed E-state index contributed by atoms with van der Waals surface area (Å²) in [6.45, 7) is 4.59. The van der Waals surface area contributed by atoms with Crippen LogP contribution in [0.4, 0.5) is 0 Å². The minimum atomic E-state index is 0.279. The molecule has 0 aromatic carbocycles. The van der Waals surface area contributed by atoms with Crippen molar-refractivity contribution in [2.75, 3.05) is 0 Å². The largest absolute Gasteiger partial charge is 0.303 e. The number of carbonyl (C=O) groups is 1. The first-order valence-electron chi connectivity index (χ1n) is 9.03. The van der Waals surface area contributed by atoms with Crippen LogP contribution in [0.25, 0.3) is 0 Å². The summed E-state index contributed by atoms with van der Waals surface area (Å²) < 4.78 is 0. The molecule has 0 amide bonds. The molecule has 1 heteroatoms. The van der Waals surface area contributed by atoms with E-state index in [1.165, 1.54) is 44.8 Å². The second-order valence-corrected chi connectivity index (χ2v) is 7.26. The van der Waals surface area contributed by atoms with Gasteiger partial charge in [0.25, 0.3) is 0 Å². The molecule has 2 rings (SSSR count). The number of aldehydes is 1. The standard InChI is InChI=1S/C20H32O/c1-3-19(20-8-4-5-9-20)10-6-7-18(15-21)14-17-12-11-16(2)13-17/h4,8,11-12,15-20H,3,5-7,9-10,13-14H2,1-2H3. The van der Waals surface area contributed by atoms with E-state index < -0.39 is 0 Å². The van der Waals surface area contributed by atoms with Gasteiger partial charge in [-0.25, -0.2) is 0 Å². The normalized spacial score (nSPS) is 30.7. The summed E-state index contributed by atoms with van der Waals surface area (Å²) in [5.41, 5.74) is 0. The van der Waals surface area contributed by atoms with Crippen molar-refractivity contribution in [1.29, 1.82) is 0 Å². The molecule has 0 fully saturated rings. The molecule has 2 aliphatic rings. The van der Waals surface area contributed by atoms with E-state index >= 15 is 0 Å². The van der Waals surface area contributed by atoms with Crippen LogP contribution in [0.2, 0.25) is 0 Å². The van der Waals surface area contributed by atoms with Crippen LogP contribution in [0, 0.1) is 29.6 Å². The average molecular weight is 288 g/mol. The van der Waals surface area contributed by atoms with Crippen LogP contribution in [0.15, 0.2) is 24.3 Å². The lowest BCUT2D eigenvalue weighted by atomic mass is 9.83. The molecule has 2 aliphatic carbocycles. The van der Waals surface area contributed by atoms with Gasteiger partial charge in [-0.1, -0.05) is 51.0 Å². The van der Waals surface area contributed by atoms with E-state index in [0.717, 1.165) is 24.7 Å². The molecule has 21 heavy (non-hydrogen) atoms. The van der Waals surface area contributed by atoms with Crippen LogP contribution in [0.5, 0.6) is 0 Å². The molecule has 118 valence electrons. The molecule has 0 radical (unpaired) electrons. The summed E-state index contributed by atoms with van der Waals surface area (Å²) in [7, 11) is 0. The summed E-state index contributed by atoms with van der Waals surface area (Å²) >= 11 is 0. The Labute approximate surface area is 130 Å². The van der Waals surface area contributed by atoms with Crippen LogP contribution in [-0.4, -0.2) is 6.29 Å². The first-order chi connectivity index (χ1) is 10.2. The molecule has 0 aromatic rings. The SMILES string of the molecule is CCC(CCCC(C=O)CC1C=CC(C)C1)C1C=CCC1. The summed E-state index contributed by atoms with van der Waals surface area (Å²) in [5.74, 6) is 3.28. The Kier molecular flexibility index (Phi) is 6.73. The van der Waals surface area contributed by atoms with Gasteiger partial charge in [-0.3, -0.25) is 0 Å². The fourth-order valence-corrected chi connectivity index (χ4v) is 4.20. The minimum absolute atomic E-state index is 0.279. The number of hydrogen-bond acceptors (Lipinski definition) is 1. The fraction of sp³-hybridized carbons (Fsp3) is 0.750. The van der Waals surface area contributed by atoms with Crippen molar-refractivity contribution in [2.45, 2.75) is 65.2 Å². The van der Waals surface area contributed by atoms with Gasteiger partial charge in [-0.05, 0) is 62.2 Å². The van der Waals surface area contributed by atoms with Gasteiger partial charge in [0.2, 0.25) is 0 Å². The van der Waals surface area contributed by atoms with Crippen LogP contribution in [0.1, 0.15) is 65.2 Å². The van der Waals surface area contributed by atoms with Crippen LogP contribution >= 0.6 is 0 Å². The third kappa shape index (κ3) is 5.13.